The summed E-state index contributed by atoms with van der Waals surface area (Å²) in [4.78, 5) is 13.4. The Balaban J connectivity index is 1.44. The first-order valence-corrected chi connectivity index (χ1v) is 10.4. The molecular formula is C24H26FNO3. The summed E-state index contributed by atoms with van der Waals surface area (Å²) in [6, 6.07) is 13.6. The average Bonchev–Trinajstić information content (AvgIpc) is 3.37. The molecule has 1 N–H and O–H groups in total. The van der Waals surface area contributed by atoms with Crippen LogP contribution in [-0.4, -0.2) is 26.2 Å². The van der Waals surface area contributed by atoms with Crippen molar-refractivity contribution in [2.24, 2.45) is 5.92 Å². The van der Waals surface area contributed by atoms with Gasteiger partial charge in [-0.1, -0.05) is 36.4 Å². The smallest absolute Gasteiger partial charge is 0.224 e. The Hall–Kier alpha value is -2.40. The van der Waals surface area contributed by atoms with Gasteiger partial charge in [0.25, 0.3) is 0 Å². The fourth-order valence-electron chi connectivity index (χ4n) is 5.48. The minimum atomic E-state index is -0.754. The van der Waals surface area contributed by atoms with Crippen LogP contribution in [0.25, 0.3) is 0 Å². The minimum Gasteiger partial charge on any atom is -0.494 e. The quantitative estimate of drug-likeness (QED) is 0.855. The van der Waals surface area contributed by atoms with Gasteiger partial charge in [-0.25, -0.2) is 4.39 Å². The molecule has 4 nitrogen and oxygen atoms in total. The third-order valence-corrected chi connectivity index (χ3v) is 7.19. The van der Waals surface area contributed by atoms with Crippen molar-refractivity contribution in [2.75, 3.05) is 20.3 Å². The van der Waals surface area contributed by atoms with Gasteiger partial charge in [-0.15, -0.1) is 0 Å². The molecule has 2 atom stereocenters. The minimum absolute atomic E-state index is 0.0278. The predicted molar refractivity (Wildman–Crippen MR) is 107 cm³/mol. The Morgan fingerprint density at radius 3 is 2.66 bits per heavy atom. The van der Waals surface area contributed by atoms with Gasteiger partial charge in [0.15, 0.2) is 11.6 Å². The van der Waals surface area contributed by atoms with Crippen molar-refractivity contribution in [2.45, 2.75) is 43.1 Å². The number of hydrogen-bond acceptors (Lipinski definition) is 3. The molecule has 1 saturated carbocycles. The average molecular weight is 395 g/mol. The van der Waals surface area contributed by atoms with Gasteiger partial charge in [-0.3, -0.25) is 4.79 Å². The molecule has 5 heteroatoms. The lowest BCUT2D eigenvalue weighted by Gasteiger charge is -2.39. The van der Waals surface area contributed by atoms with Gasteiger partial charge in [-0.2, -0.15) is 0 Å². The van der Waals surface area contributed by atoms with E-state index in [0.717, 1.165) is 19.3 Å². The van der Waals surface area contributed by atoms with Gasteiger partial charge in [0.05, 0.1) is 12.6 Å². The molecule has 2 aromatic carbocycles. The van der Waals surface area contributed by atoms with Crippen LogP contribution in [0.1, 0.15) is 42.4 Å². The summed E-state index contributed by atoms with van der Waals surface area (Å²) in [5.41, 5.74) is 2.40. The van der Waals surface area contributed by atoms with E-state index in [4.69, 9.17) is 9.47 Å². The number of fused-ring (bicyclic) bond motifs is 2. The second-order valence-electron chi connectivity index (χ2n) is 8.58. The fourth-order valence-corrected chi connectivity index (χ4v) is 5.48. The molecule has 0 aromatic heterocycles. The molecule has 2 unspecified atom stereocenters. The second kappa shape index (κ2) is 6.84. The number of carbonyl (C=O) groups is 1. The molecule has 5 rings (SSSR count). The number of hydrogen-bond donors (Lipinski definition) is 1. The highest BCUT2D eigenvalue weighted by Gasteiger charge is 2.62. The van der Waals surface area contributed by atoms with E-state index in [1.165, 1.54) is 18.2 Å². The number of ether oxygens (including phenoxy) is 2. The third-order valence-electron chi connectivity index (χ3n) is 7.19. The number of amides is 1. The maximum atomic E-state index is 15.1. The molecule has 3 aliphatic rings. The molecule has 1 spiro atoms. The molecular weight excluding hydrogens is 369 g/mol. The Bertz CT molecular complexity index is 953. The Morgan fingerprint density at radius 2 is 1.86 bits per heavy atom. The molecule has 0 bridgehead atoms. The van der Waals surface area contributed by atoms with Crippen LogP contribution in [0.15, 0.2) is 42.5 Å². The largest absolute Gasteiger partial charge is 0.494 e. The monoisotopic (exact) mass is 395 g/mol. The van der Waals surface area contributed by atoms with Crippen LogP contribution in [0.4, 0.5) is 4.39 Å². The zero-order chi connectivity index (χ0) is 20.1. The van der Waals surface area contributed by atoms with E-state index in [0.29, 0.717) is 31.6 Å². The molecule has 2 aliphatic carbocycles. The molecule has 0 radical (unpaired) electrons. The molecule has 1 heterocycles. The van der Waals surface area contributed by atoms with E-state index in [1.54, 1.807) is 18.2 Å². The first-order valence-electron chi connectivity index (χ1n) is 10.4. The van der Waals surface area contributed by atoms with Crippen molar-refractivity contribution in [1.29, 1.82) is 0 Å². The van der Waals surface area contributed by atoms with E-state index in [2.05, 4.69) is 29.6 Å². The maximum absolute atomic E-state index is 15.1. The van der Waals surface area contributed by atoms with E-state index >= 15 is 4.39 Å². The lowest BCUT2D eigenvalue weighted by atomic mass is 9.81. The SMILES string of the molecule is COc1cccc(C2(NC(=O)C3CC34CCc3ccccc34)CCOCC2)c1F. The van der Waals surface area contributed by atoms with Crippen LogP contribution in [0.2, 0.25) is 0 Å². The van der Waals surface area contributed by atoms with Gasteiger partial charge >= 0.3 is 0 Å². The number of nitrogens with one attached hydrogen (secondary N) is 1. The topological polar surface area (TPSA) is 47.6 Å². The lowest BCUT2D eigenvalue weighted by molar-refractivity contribution is -0.126. The van der Waals surface area contributed by atoms with E-state index < -0.39 is 11.4 Å². The fraction of sp³-hybridized carbons (Fsp3) is 0.458. The maximum Gasteiger partial charge on any atom is 0.224 e. The molecule has 29 heavy (non-hydrogen) atoms. The molecule has 1 aliphatic heterocycles. The first-order chi connectivity index (χ1) is 14.1. The lowest BCUT2D eigenvalue weighted by Crippen LogP contribution is -2.51. The van der Waals surface area contributed by atoms with Gasteiger partial charge in [-0.05, 0) is 49.3 Å². The van der Waals surface area contributed by atoms with Crippen LogP contribution >= 0.6 is 0 Å². The van der Waals surface area contributed by atoms with Crippen molar-refractivity contribution in [3.63, 3.8) is 0 Å². The van der Waals surface area contributed by atoms with Crippen LogP contribution in [-0.2, 0) is 26.9 Å². The first kappa shape index (κ1) is 18.6. The number of benzene rings is 2. The van der Waals surface area contributed by atoms with Gasteiger partial charge in [0.1, 0.15) is 0 Å². The normalized spacial score (nSPS) is 26.8. The molecule has 1 amide bonds. The summed E-state index contributed by atoms with van der Waals surface area (Å²) in [6.45, 7) is 0.991. The number of carbonyl (C=O) groups excluding carboxylic acids is 1. The van der Waals surface area contributed by atoms with Crippen molar-refractivity contribution >= 4 is 5.91 Å². The van der Waals surface area contributed by atoms with Crippen molar-refractivity contribution < 1.29 is 18.7 Å². The Labute approximate surface area is 170 Å². The van der Waals surface area contributed by atoms with Crippen LogP contribution < -0.4 is 10.1 Å². The Morgan fingerprint density at radius 1 is 1.10 bits per heavy atom. The standard InChI is InChI=1S/C24H26FNO3/c1-28-20-8-4-7-18(21(20)25)24(11-13-29-14-12-24)26-22(27)19-15-23(19)10-9-16-5-2-3-6-17(16)23/h2-8,19H,9-15H2,1H3,(H,26,27). The zero-order valence-electron chi connectivity index (χ0n) is 16.7. The number of methoxy groups -OCH3 is 1. The van der Waals surface area contributed by atoms with E-state index in [1.807, 2.05) is 0 Å². The van der Waals surface area contributed by atoms with Crippen molar-refractivity contribution in [3.05, 3.63) is 65.0 Å². The summed E-state index contributed by atoms with van der Waals surface area (Å²) >= 11 is 0. The van der Waals surface area contributed by atoms with Crippen LogP contribution in [0.5, 0.6) is 5.75 Å². The third kappa shape index (κ3) is 2.86. The predicted octanol–water partition coefficient (Wildman–Crippen LogP) is 3.86. The highest BCUT2D eigenvalue weighted by atomic mass is 19.1. The van der Waals surface area contributed by atoms with Crippen LogP contribution in [0, 0.1) is 11.7 Å². The van der Waals surface area contributed by atoms with Gasteiger partial charge < -0.3 is 14.8 Å². The van der Waals surface area contributed by atoms with Crippen LogP contribution in [0.3, 0.4) is 0 Å². The summed E-state index contributed by atoms with van der Waals surface area (Å²) in [6.07, 6.45) is 4.04. The zero-order valence-corrected chi connectivity index (χ0v) is 16.7. The van der Waals surface area contributed by atoms with Crippen molar-refractivity contribution in [3.8, 4) is 5.75 Å². The highest BCUT2D eigenvalue weighted by Crippen LogP contribution is 2.61. The number of halogens is 1. The molecule has 2 fully saturated rings. The summed E-state index contributed by atoms with van der Waals surface area (Å²) in [7, 11) is 1.46. The highest BCUT2D eigenvalue weighted by molar-refractivity contribution is 5.86. The molecule has 2 aromatic rings. The molecule has 1 saturated heterocycles. The number of aryl methyl sites for hydroxylation is 1. The van der Waals surface area contributed by atoms with Gasteiger partial charge in [0.2, 0.25) is 5.91 Å². The summed E-state index contributed by atoms with van der Waals surface area (Å²) in [5.74, 6) is -0.200. The van der Waals surface area contributed by atoms with Crippen molar-refractivity contribution in [1.82, 2.24) is 5.32 Å². The van der Waals surface area contributed by atoms with E-state index in [-0.39, 0.29) is 23.0 Å². The van der Waals surface area contributed by atoms with E-state index in [9.17, 15) is 4.79 Å². The molecule has 152 valence electrons. The Kier molecular flexibility index (Phi) is 4.39. The summed E-state index contributed by atoms with van der Waals surface area (Å²) in [5, 5.41) is 3.27. The van der Waals surface area contributed by atoms with Gasteiger partial charge in [0, 0.05) is 30.1 Å². The second-order valence-corrected chi connectivity index (χ2v) is 8.58. The number of rotatable bonds is 4. The summed E-state index contributed by atoms with van der Waals surface area (Å²) < 4.78 is 25.9.